The van der Waals surface area contributed by atoms with E-state index >= 15 is 0 Å². The van der Waals surface area contributed by atoms with Crippen LogP contribution in [0.3, 0.4) is 0 Å². The van der Waals surface area contributed by atoms with E-state index in [9.17, 15) is 0 Å². The van der Waals surface area contributed by atoms with Crippen molar-refractivity contribution in [2.75, 3.05) is 0 Å². The number of rotatable bonds is 4. The van der Waals surface area contributed by atoms with Gasteiger partial charge < -0.3 is 11.5 Å². The van der Waals surface area contributed by atoms with Crippen molar-refractivity contribution in [1.29, 1.82) is 0 Å². The van der Waals surface area contributed by atoms with Gasteiger partial charge in [0.25, 0.3) is 0 Å². The Bertz CT molecular complexity index is 910. The van der Waals surface area contributed by atoms with Crippen LogP contribution in [0.15, 0.2) is 97.1 Å². The van der Waals surface area contributed by atoms with Crippen LogP contribution in [0.2, 0.25) is 0 Å². The van der Waals surface area contributed by atoms with Crippen molar-refractivity contribution >= 4 is 0 Å². The minimum absolute atomic E-state index is 0.0267. The first-order chi connectivity index (χ1) is 15.3. The lowest BCUT2D eigenvalue weighted by Crippen LogP contribution is -2.11. The fraction of sp³-hybridized carbons (Fsp3) is 0.200. The molecule has 4 aromatic carbocycles. The highest BCUT2D eigenvalue weighted by atomic mass is 14.6. The Balaban J connectivity index is 0.000000181. The summed E-state index contributed by atoms with van der Waals surface area (Å²) in [5.74, 6) is 0. The number of hydrogen-bond acceptors (Lipinski definition) is 2. The fourth-order valence-corrected chi connectivity index (χ4v) is 3.48. The monoisotopic (exact) mass is 422 g/mol. The number of aryl methyl sites for hydroxylation is 4. The summed E-state index contributed by atoms with van der Waals surface area (Å²) in [5, 5.41) is 0. The van der Waals surface area contributed by atoms with Crippen molar-refractivity contribution in [2.24, 2.45) is 11.5 Å². The third kappa shape index (κ3) is 6.40. The molecule has 4 rings (SSSR count). The summed E-state index contributed by atoms with van der Waals surface area (Å²) in [6, 6.07) is 33.5. The van der Waals surface area contributed by atoms with Crippen molar-refractivity contribution < 1.29 is 0 Å². The maximum absolute atomic E-state index is 6.22. The van der Waals surface area contributed by atoms with Gasteiger partial charge in [0.1, 0.15) is 0 Å². The van der Waals surface area contributed by atoms with Crippen LogP contribution in [0.5, 0.6) is 0 Å². The molecule has 0 aliphatic carbocycles. The van der Waals surface area contributed by atoms with Gasteiger partial charge in [-0.1, -0.05) is 119 Å². The van der Waals surface area contributed by atoms with Crippen LogP contribution >= 0.6 is 0 Å². The van der Waals surface area contributed by atoms with Crippen LogP contribution in [-0.4, -0.2) is 0 Å². The Morgan fingerprint density at radius 3 is 0.656 bits per heavy atom. The molecule has 0 saturated heterocycles. The molecule has 0 heterocycles. The molecular formula is C30H34N2. The third-order valence-electron chi connectivity index (χ3n) is 5.75. The number of nitrogens with two attached hydrogens (primary N) is 2. The molecule has 0 fully saturated rings. The normalized spacial score (nSPS) is 10.8. The summed E-state index contributed by atoms with van der Waals surface area (Å²) in [5.41, 5.74) is 22.1. The molecule has 32 heavy (non-hydrogen) atoms. The molecule has 4 aromatic rings. The lowest BCUT2D eigenvalue weighted by molar-refractivity contribution is 0.870. The molecule has 2 heteroatoms. The zero-order chi connectivity index (χ0) is 23.1. The van der Waals surface area contributed by atoms with E-state index in [0.29, 0.717) is 0 Å². The molecule has 4 N–H and O–H groups in total. The molecular weight excluding hydrogens is 388 g/mol. The van der Waals surface area contributed by atoms with Gasteiger partial charge in [-0.05, 0) is 49.9 Å². The maximum Gasteiger partial charge on any atom is 0.0551 e. The van der Waals surface area contributed by atoms with E-state index in [1.165, 1.54) is 22.3 Å². The summed E-state index contributed by atoms with van der Waals surface area (Å²) in [7, 11) is 0. The predicted molar refractivity (Wildman–Crippen MR) is 137 cm³/mol. The Morgan fingerprint density at radius 2 is 0.500 bits per heavy atom. The van der Waals surface area contributed by atoms with Crippen LogP contribution in [0.4, 0.5) is 0 Å². The average molecular weight is 423 g/mol. The van der Waals surface area contributed by atoms with Gasteiger partial charge >= 0.3 is 0 Å². The van der Waals surface area contributed by atoms with Gasteiger partial charge in [0.2, 0.25) is 0 Å². The minimum Gasteiger partial charge on any atom is -0.320 e. The Hall–Kier alpha value is -3.20. The summed E-state index contributed by atoms with van der Waals surface area (Å²) < 4.78 is 0. The molecule has 0 radical (unpaired) electrons. The molecule has 0 aromatic heterocycles. The molecule has 164 valence electrons. The SMILES string of the molecule is Cc1ccc(C(N)c2ccc(C)cc2)cc1.Cc1ccc(C(N)c2ccc(C)cc2)cc1. The van der Waals surface area contributed by atoms with Crippen molar-refractivity contribution in [1.82, 2.24) is 0 Å². The zero-order valence-corrected chi connectivity index (χ0v) is 19.5. The van der Waals surface area contributed by atoms with E-state index < -0.39 is 0 Å². The Kier molecular flexibility index (Phi) is 7.99. The van der Waals surface area contributed by atoms with E-state index in [1.54, 1.807) is 0 Å². The Morgan fingerprint density at radius 1 is 0.344 bits per heavy atom. The zero-order valence-electron chi connectivity index (χ0n) is 19.5. The van der Waals surface area contributed by atoms with Crippen LogP contribution < -0.4 is 11.5 Å². The smallest absolute Gasteiger partial charge is 0.0551 e. The first-order valence-electron chi connectivity index (χ1n) is 11.1. The van der Waals surface area contributed by atoms with E-state index in [4.69, 9.17) is 11.5 Å². The van der Waals surface area contributed by atoms with Crippen LogP contribution in [0.1, 0.15) is 56.6 Å². The van der Waals surface area contributed by atoms with Gasteiger partial charge in [-0.3, -0.25) is 0 Å². The van der Waals surface area contributed by atoms with Crippen molar-refractivity contribution in [3.8, 4) is 0 Å². The molecule has 2 nitrogen and oxygen atoms in total. The maximum atomic E-state index is 6.22. The highest BCUT2D eigenvalue weighted by Crippen LogP contribution is 2.21. The minimum atomic E-state index is -0.0267. The van der Waals surface area contributed by atoms with E-state index in [1.807, 2.05) is 0 Å². The second-order valence-electron chi connectivity index (χ2n) is 8.60. The van der Waals surface area contributed by atoms with Gasteiger partial charge in [0, 0.05) is 0 Å². The number of benzene rings is 4. The molecule has 0 bridgehead atoms. The van der Waals surface area contributed by atoms with Crippen molar-refractivity contribution in [2.45, 2.75) is 39.8 Å². The standard InChI is InChI=1S/2C15H17N/c2*1-11-3-7-13(8-4-11)15(16)14-9-5-12(2)6-10-14/h2*3-10,15H,16H2,1-2H3. The van der Waals surface area contributed by atoms with Crippen molar-refractivity contribution in [3.05, 3.63) is 142 Å². The lowest BCUT2D eigenvalue weighted by Gasteiger charge is -2.13. The van der Waals surface area contributed by atoms with E-state index in [2.05, 4.69) is 125 Å². The molecule has 0 aliphatic rings. The lowest BCUT2D eigenvalue weighted by atomic mass is 9.98. The highest BCUT2D eigenvalue weighted by Gasteiger charge is 2.08. The largest absolute Gasteiger partial charge is 0.320 e. The van der Waals surface area contributed by atoms with Gasteiger partial charge in [-0.25, -0.2) is 0 Å². The third-order valence-corrected chi connectivity index (χ3v) is 5.75. The summed E-state index contributed by atoms with van der Waals surface area (Å²) in [6.45, 7) is 8.34. The second kappa shape index (κ2) is 10.9. The van der Waals surface area contributed by atoms with E-state index in [0.717, 1.165) is 22.3 Å². The van der Waals surface area contributed by atoms with Gasteiger partial charge in [-0.15, -0.1) is 0 Å². The van der Waals surface area contributed by atoms with Gasteiger partial charge in [0.15, 0.2) is 0 Å². The van der Waals surface area contributed by atoms with Crippen LogP contribution in [0, 0.1) is 27.7 Å². The average Bonchev–Trinajstić information content (AvgIpc) is 2.81. The molecule has 0 amide bonds. The quantitative estimate of drug-likeness (QED) is 0.384. The predicted octanol–water partition coefficient (Wildman–Crippen LogP) is 6.70. The summed E-state index contributed by atoms with van der Waals surface area (Å²) in [4.78, 5) is 0. The topological polar surface area (TPSA) is 52.0 Å². The Labute approximate surface area is 192 Å². The molecule has 0 saturated carbocycles. The number of hydrogen-bond donors (Lipinski definition) is 2. The van der Waals surface area contributed by atoms with E-state index in [-0.39, 0.29) is 12.1 Å². The van der Waals surface area contributed by atoms with Crippen LogP contribution in [-0.2, 0) is 0 Å². The molecule has 0 atom stereocenters. The fourth-order valence-electron chi connectivity index (χ4n) is 3.48. The highest BCUT2D eigenvalue weighted by molar-refractivity contribution is 5.35. The molecule has 0 spiro atoms. The van der Waals surface area contributed by atoms with Gasteiger partial charge in [-0.2, -0.15) is 0 Å². The first kappa shape index (κ1) is 23.5. The summed E-state index contributed by atoms with van der Waals surface area (Å²) >= 11 is 0. The second-order valence-corrected chi connectivity index (χ2v) is 8.60. The van der Waals surface area contributed by atoms with Crippen LogP contribution in [0.25, 0.3) is 0 Å². The summed E-state index contributed by atoms with van der Waals surface area (Å²) in [6.07, 6.45) is 0. The van der Waals surface area contributed by atoms with Gasteiger partial charge in [0.05, 0.1) is 12.1 Å². The van der Waals surface area contributed by atoms with Crippen molar-refractivity contribution in [3.63, 3.8) is 0 Å². The molecule has 0 aliphatic heterocycles. The first-order valence-corrected chi connectivity index (χ1v) is 11.1. The molecule has 0 unspecified atom stereocenters.